The molecule has 2 heterocycles. The molecule has 35 heavy (non-hydrogen) atoms. The van der Waals surface area contributed by atoms with Crippen molar-refractivity contribution in [3.63, 3.8) is 0 Å². The highest BCUT2D eigenvalue weighted by atomic mass is 35.5. The lowest BCUT2D eigenvalue weighted by atomic mass is 9.89. The Bertz CT molecular complexity index is 1450. The van der Waals surface area contributed by atoms with Crippen molar-refractivity contribution in [1.29, 1.82) is 0 Å². The number of ether oxygens (including phenoxy) is 1. The predicted octanol–water partition coefficient (Wildman–Crippen LogP) is 4.89. The van der Waals surface area contributed by atoms with Crippen molar-refractivity contribution in [3.8, 4) is 28.6 Å². The molecule has 3 N–H and O–H groups in total. The average molecular weight is 494 g/mol. The number of hydrogen-bond acceptors (Lipinski definition) is 7. The zero-order valence-electron chi connectivity index (χ0n) is 18.9. The number of halogens is 1. The minimum absolute atomic E-state index is 0.0202. The minimum atomic E-state index is -0.453. The Labute approximate surface area is 206 Å². The molecule has 8 heteroatoms. The van der Waals surface area contributed by atoms with Crippen LogP contribution < -0.4 is 15.1 Å². The van der Waals surface area contributed by atoms with E-state index >= 15 is 0 Å². The van der Waals surface area contributed by atoms with E-state index in [0.717, 1.165) is 17.5 Å². The summed E-state index contributed by atoms with van der Waals surface area (Å²) >= 11 is 6.34. The summed E-state index contributed by atoms with van der Waals surface area (Å²) in [7, 11) is 1.60. The fourth-order valence-corrected chi connectivity index (χ4v) is 5.21. The summed E-state index contributed by atoms with van der Waals surface area (Å²) in [4.78, 5) is 15.1. The third kappa shape index (κ3) is 3.96. The highest BCUT2D eigenvalue weighted by molar-refractivity contribution is 6.33. The fourth-order valence-electron chi connectivity index (χ4n) is 4.98. The molecule has 7 nitrogen and oxygen atoms in total. The van der Waals surface area contributed by atoms with E-state index in [4.69, 9.17) is 20.8 Å². The molecule has 1 saturated heterocycles. The molecule has 2 atom stereocenters. The maximum Gasteiger partial charge on any atom is 0.197 e. The quantitative estimate of drug-likeness (QED) is 0.363. The second-order valence-electron chi connectivity index (χ2n) is 8.52. The molecular formula is C27H24ClNO6. The first-order valence-corrected chi connectivity index (χ1v) is 11.6. The summed E-state index contributed by atoms with van der Waals surface area (Å²) in [6.45, 7) is 0.422. The van der Waals surface area contributed by atoms with Crippen molar-refractivity contribution in [1.82, 2.24) is 0 Å². The largest absolute Gasteiger partial charge is 0.507 e. The molecule has 1 aliphatic rings. The van der Waals surface area contributed by atoms with Crippen molar-refractivity contribution < 1.29 is 24.5 Å². The van der Waals surface area contributed by atoms with Crippen LogP contribution in [0.5, 0.6) is 17.2 Å². The van der Waals surface area contributed by atoms with Gasteiger partial charge in [-0.3, -0.25) is 4.79 Å². The Morgan fingerprint density at radius 2 is 1.83 bits per heavy atom. The molecule has 180 valence electrons. The van der Waals surface area contributed by atoms with Crippen LogP contribution in [-0.4, -0.2) is 41.6 Å². The van der Waals surface area contributed by atoms with Gasteiger partial charge in [0.05, 0.1) is 24.8 Å². The smallest absolute Gasteiger partial charge is 0.197 e. The van der Waals surface area contributed by atoms with Gasteiger partial charge in [0.2, 0.25) is 0 Å². The van der Waals surface area contributed by atoms with Crippen molar-refractivity contribution in [3.05, 3.63) is 81.5 Å². The summed E-state index contributed by atoms with van der Waals surface area (Å²) in [6, 6.07) is 16.5. The molecule has 3 aromatic carbocycles. The van der Waals surface area contributed by atoms with E-state index in [1.165, 1.54) is 6.07 Å². The van der Waals surface area contributed by atoms with Crippen molar-refractivity contribution >= 4 is 28.3 Å². The number of hydrogen-bond donors (Lipinski definition) is 3. The van der Waals surface area contributed by atoms with Crippen LogP contribution >= 0.6 is 11.6 Å². The lowest BCUT2D eigenvalue weighted by molar-refractivity contribution is 0.256. The molecule has 5 rings (SSSR count). The number of aromatic hydroxyl groups is 2. The molecule has 0 spiro atoms. The standard InChI is InChI=1S/C27H24ClNO6/c1-34-16-8-6-15(7-9-16)29-11-10-18(20(29)14-30)25-21(31)12-22(32)26-23(33)13-24(35-27(25)26)17-4-2-3-5-19(17)28/h2-9,12-13,18,20,30-32H,10-11,14H2,1H3/t18-,20+/m0/s1. The first kappa shape index (κ1) is 23.1. The van der Waals surface area contributed by atoms with Crippen LogP contribution in [0.1, 0.15) is 17.9 Å². The normalized spacial score (nSPS) is 17.7. The van der Waals surface area contributed by atoms with Gasteiger partial charge >= 0.3 is 0 Å². The van der Waals surface area contributed by atoms with Gasteiger partial charge in [-0.25, -0.2) is 0 Å². The van der Waals surface area contributed by atoms with Crippen LogP contribution in [0.25, 0.3) is 22.3 Å². The van der Waals surface area contributed by atoms with Gasteiger partial charge < -0.3 is 29.4 Å². The van der Waals surface area contributed by atoms with Crippen LogP contribution in [0.3, 0.4) is 0 Å². The van der Waals surface area contributed by atoms with Gasteiger partial charge in [0.25, 0.3) is 0 Å². The van der Waals surface area contributed by atoms with Gasteiger partial charge in [-0.2, -0.15) is 0 Å². The summed E-state index contributed by atoms with van der Waals surface area (Å²) < 4.78 is 11.4. The summed E-state index contributed by atoms with van der Waals surface area (Å²) in [6.07, 6.45) is 0.588. The van der Waals surface area contributed by atoms with Gasteiger partial charge in [0.15, 0.2) is 5.43 Å². The molecule has 0 aliphatic carbocycles. The van der Waals surface area contributed by atoms with E-state index in [2.05, 4.69) is 4.90 Å². The van der Waals surface area contributed by atoms with Gasteiger partial charge in [-0.05, 0) is 42.8 Å². The number of phenols is 2. The first-order chi connectivity index (χ1) is 16.9. The maximum atomic E-state index is 13.1. The van der Waals surface area contributed by atoms with Crippen LogP contribution in [0, 0.1) is 0 Å². The van der Waals surface area contributed by atoms with E-state index in [1.54, 1.807) is 31.4 Å². The number of aliphatic hydroxyl groups excluding tert-OH is 1. The highest BCUT2D eigenvalue weighted by Gasteiger charge is 2.38. The molecule has 0 amide bonds. The Balaban J connectivity index is 1.66. The second kappa shape index (κ2) is 9.17. The Morgan fingerprint density at radius 1 is 1.09 bits per heavy atom. The lowest BCUT2D eigenvalue weighted by Crippen LogP contribution is -2.35. The molecular weight excluding hydrogens is 470 g/mol. The Hall–Kier alpha value is -3.68. The second-order valence-corrected chi connectivity index (χ2v) is 8.93. The number of benzene rings is 3. The van der Waals surface area contributed by atoms with E-state index in [0.29, 0.717) is 29.1 Å². The fraction of sp³-hybridized carbons (Fsp3) is 0.222. The average Bonchev–Trinajstić information content (AvgIpc) is 3.27. The van der Waals surface area contributed by atoms with Gasteiger partial charge in [0.1, 0.15) is 34.0 Å². The topological polar surface area (TPSA) is 103 Å². The van der Waals surface area contributed by atoms with Gasteiger partial charge in [0, 0.05) is 41.4 Å². The molecule has 1 aromatic heterocycles. The van der Waals surface area contributed by atoms with Crippen LogP contribution in [0.4, 0.5) is 5.69 Å². The zero-order chi connectivity index (χ0) is 24.7. The van der Waals surface area contributed by atoms with Crippen LogP contribution in [0.2, 0.25) is 5.02 Å². The number of methoxy groups -OCH3 is 1. The monoisotopic (exact) mass is 493 g/mol. The molecule has 0 unspecified atom stereocenters. The molecule has 4 aromatic rings. The van der Waals surface area contributed by atoms with Crippen LogP contribution in [-0.2, 0) is 0 Å². The summed E-state index contributed by atoms with van der Waals surface area (Å²) in [5.41, 5.74) is 1.43. The molecule has 1 aliphatic heterocycles. The Kier molecular flexibility index (Phi) is 6.05. The predicted molar refractivity (Wildman–Crippen MR) is 135 cm³/mol. The molecule has 1 fully saturated rings. The van der Waals surface area contributed by atoms with E-state index in [-0.39, 0.29) is 40.8 Å². The first-order valence-electron chi connectivity index (χ1n) is 11.2. The Morgan fingerprint density at radius 3 is 2.51 bits per heavy atom. The summed E-state index contributed by atoms with van der Waals surface area (Å²) in [5, 5.41) is 32.2. The van der Waals surface area contributed by atoms with Crippen molar-refractivity contribution in [2.45, 2.75) is 18.4 Å². The molecule has 0 bridgehead atoms. The number of phenolic OH excluding ortho intramolecular Hbond substituents is 2. The van der Waals surface area contributed by atoms with Crippen molar-refractivity contribution in [2.75, 3.05) is 25.2 Å². The van der Waals surface area contributed by atoms with E-state index < -0.39 is 11.5 Å². The number of rotatable bonds is 5. The zero-order valence-corrected chi connectivity index (χ0v) is 19.7. The number of aliphatic hydroxyl groups is 1. The number of fused-ring (bicyclic) bond motifs is 1. The molecule has 0 saturated carbocycles. The van der Waals surface area contributed by atoms with E-state index in [9.17, 15) is 20.1 Å². The third-order valence-corrected chi connectivity index (χ3v) is 6.97. The lowest BCUT2D eigenvalue weighted by Gasteiger charge is -2.29. The van der Waals surface area contributed by atoms with Crippen molar-refractivity contribution in [2.24, 2.45) is 0 Å². The summed E-state index contributed by atoms with van der Waals surface area (Å²) in [5.74, 6) is 0.0154. The number of nitrogens with zero attached hydrogens (tertiary/aromatic N) is 1. The number of anilines is 1. The maximum absolute atomic E-state index is 13.1. The third-order valence-electron chi connectivity index (χ3n) is 6.64. The SMILES string of the molecule is COc1ccc(N2CC[C@H](c3c(O)cc(O)c4c(=O)cc(-c5ccccc5Cl)oc34)[C@H]2CO)cc1. The minimum Gasteiger partial charge on any atom is -0.507 e. The van der Waals surface area contributed by atoms with Gasteiger partial charge in [-0.1, -0.05) is 23.7 Å². The van der Waals surface area contributed by atoms with Crippen LogP contribution in [0.15, 0.2) is 69.9 Å². The van der Waals surface area contributed by atoms with Gasteiger partial charge in [-0.15, -0.1) is 0 Å². The highest BCUT2D eigenvalue weighted by Crippen LogP contribution is 2.46. The van der Waals surface area contributed by atoms with E-state index in [1.807, 2.05) is 24.3 Å². The molecule has 0 radical (unpaired) electrons.